The highest BCUT2D eigenvalue weighted by atomic mass is 15.1. The zero-order chi connectivity index (χ0) is 13.9. The van der Waals surface area contributed by atoms with Crippen LogP contribution in [0.25, 0.3) is 0 Å². The summed E-state index contributed by atoms with van der Waals surface area (Å²) in [6, 6.07) is 8.70. The van der Waals surface area contributed by atoms with Gasteiger partial charge in [-0.25, -0.2) is 0 Å². The standard InChI is InChI=1S/C17H21N3/c1-13-6-8-18-10-16(13)12-20(2)11-15-5-3-4-14-7-9-19-17(14)15/h3-6,8,10,19H,7,9,11-12H2,1-2H3. The van der Waals surface area contributed by atoms with Gasteiger partial charge in [0, 0.05) is 37.7 Å². The number of rotatable bonds is 4. The molecule has 0 aliphatic carbocycles. The van der Waals surface area contributed by atoms with Gasteiger partial charge in [0.1, 0.15) is 0 Å². The largest absolute Gasteiger partial charge is 0.384 e. The number of anilines is 1. The molecule has 0 bridgehead atoms. The summed E-state index contributed by atoms with van der Waals surface area (Å²) in [5, 5.41) is 3.51. The molecule has 1 aliphatic heterocycles. The van der Waals surface area contributed by atoms with Gasteiger partial charge in [0.2, 0.25) is 0 Å². The fraction of sp³-hybridized carbons (Fsp3) is 0.353. The molecule has 1 N–H and O–H groups in total. The molecule has 0 unspecified atom stereocenters. The first-order chi connectivity index (χ1) is 9.74. The first-order valence-corrected chi connectivity index (χ1v) is 7.16. The summed E-state index contributed by atoms with van der Waals surface area (Å²) in [7, 11) is 2.17. The van der Waals surface area contributed by atoms with Crippen LogP contribution in [0, 0.1) is 6.92 Å². The minimum atomic E-state index is 0.934. The van der Waals surface area contributed by atoms with E-state index in [4.69, 9.17) is 0 Å². The Labute approximate surface area is 120 Å². The van der Waals surface area contributed by atoms with Gasteiger partial charge in [0.25, 0.3) is 0 Å². The van der Waals surface area contributed by atoms with E-state index in [9.17, 15) is 0 Å². The highest BCUT2D eigenvalue weighted by Crippen LogP contribution is 2.27. The lowest BCUT2D eigenvalue weighted by molar-refractivity contribution is 0.318. The van der Waals surface area contributed by atoms with Crippen molar-refractivity contribution in [2.45, 2.75) is 26.4 Å². The maximum Gasteiger partial charge on any atom is 0.0419 e. The first kappa shape index (κ1) is 13.1. The number of aromatic nitrogens is 1. The van der Waals surface area contributed by atoms with Crippen LogP contribution in [-0.2, 0) is 19.5 Å². The van der Waals surface area contributed by atoms with Crippen LogP contribution < -0.4 is 5.32 Å². The number of pyridine rings is 1. The Hall–Kier alpha value is -1.87. The molecule has 3 nitrogen and oxygen atoms in total. The van der Waals surface area contributed by atoms with Crippen molar-refractivity contribution in [3.05, 3.63) is 58.9 Å². The van der Waals surface area contributed by atoms with Crippen molar-refractivity contribution in [2.75, 3.05) is 18.9 Å². The van der Waals surface area contributed by atoms with E-state index in [2.05, 4.69) is 53.4 Å². The molecule has 0 saturated heterocycles. The Morgan fingerprint density at radius 1 is 1.20 bits per heavy atom. The third kappa shape index (κ3) is 2.68. The monoisotopic (exact) mass is 267 g/mol. The van der Waals surface area contributed by atoms with E-state index in [0.717, 1.165) is 26.1 Å². The van der Waals surface area contributed by atoms with Crippen LogP contribution in [0.5, 0.6) is 0 Å². The van der Waals surface area contributed by atoms with Gasteiger partial charge in [0.05, 0.1) is 0 Å². The Balaban J connectivity index is 1.72. The fourth-order valence-electron chi connectivity index (χ4n) is 2.84. The van der Waals surface area contributed by atoms with Gasteiger partial charge < -0.3 is 5.32 Å². The Kier molecular flexibility index (Phi) is 3.70. The minimum Gasteiger partial charge on any atom is -0.384 e. The smallest absolute Gasteiger partial charge is 0.0419 e. The molecule has 0 atom stereocenters. The third-order valence-corrected chi connectivity index (χ3v) is 3.96. The number of nitrogens with zero attached hydrogens (tertiary/aromatic N) is 2. The zero-order valence-corrected chi connectivity index (χ0v) is 12.2. The molecule has 0 fully saturated rings. The van der Waals surface area contributed by atoms with Crippen LogP contribution in [-0.4, -0.2) is 23.5 Å². The topological polar surface area (TPSA) is 28.2 Å². The highest BCUT2D eigenvalue weighted by molar-refractivity contribution is 5.61. The number of fused-ring (bicyclic) bond motifs is 1. The van der Waals surface area contributed by atoms with E-state index in [1.165, 1.54) is 27.9 Å². The summed E-state index contributed by atoms with van der Waals surface area (Å²) >= 11 is 0. The molecule has 104 valence electrons. The molecule has 3 rings (SSSR count). The van der Waals surface area contributed by atoms with E-state index in [1.807, 2.05) is 12.4 Å². The van der Waals surface area contributed by atoms with Crippen molar-refractivity contribution in [2.24, 2.45) is 0 Å². The van der Waals surface area contributed by atoms with E-state index in [1.54, 1.807) is 0 Å². The van der Waals surface area contributed by atoms with Gasteiger partial charge in [-0.15, -0.1) is 0 Å². The number of benzene rings is 1. The van der Waals surface area contributed by atoms with Crippen molar-refractivity contribution < 1.29 is 0 Å². The van der Waals surface area contributed by atoms with Crippen LogP contribution in [0.3, 0.4) is 0 Å². The SMILES string of the molecule is Cc1ccncc1CN(C)Cc1cccc2c1NCC2. The van der Waals surface area contributed by atoms with Gasteiger partial charge in [-0.3, -0.25) is 9.88 Å². The average molecular weight is 267 g/mol. The Bertz CT molecular complexity index is 607. The van der Waals surface area contributed by atoms with Gasteiger partial charge in [0.15, 0.2) is 0 Å². The van der Waals surface area contributed by atoms with Crippen LogP contribution in [0.15, 0.2) is 36.7 Å². The maximum absolute atomic E-state index is 4.22. The lowest BCUT2D eigenvalue weighted by atomic mass is 10.1. The molecule has 0 spiro atoms. The van der Waals surface area contributed by atoms with E-state index >= 15 is 0 Å². The Morgan fingerprint density at radius 3 is 2.90 bits per heavy atom. The second-order valence-corrected chi connectivity index (χ2v) is 5.60. The van der Waals surface area contributed by atoms with Crippen molar-refractivity contribution in [1.29, 1.82) is 0 Å². The van der Waals surface area contributed by atoms with Gasteiger partial charge in [-0.05, 0) is 48.7 Å². The average Bonchev–Trinajstić information content (AvgIpc) is 2.91. The van der Waals surface area contributed by atoms with E-state index in [-0.39, 0.29) is 0 Å². The minimum absolute atomic E-state index is 0.934. The molecule has 0 radical (unpaired) electrons. The maximum atomic E-state index is 4.22. The molecular formula is C17H21N3. The van der Waals surface area contributed by atoms with E-state index < -0.39 is 0 Å². The van der Waals surface area contributed by atoms with Crippen LogP contribution in [0.2, 0.25) is 0 Å². The second-order valence-electron chi connectivity index (χ2n) is 5.60. The molecule has 2 aromatic rings. The molecule has 20 heavy (non-hydrogen) atoms. The highest BCUT2D eigenvalue weighted by Gasteiger charge is 2.14. The van der Waals surface area contributed by atoms with Crippen molar-refractivity contribution in [3.8, 4) is 0 Å². The molecule has 3 heteroatoms. The molecule has 1 aromatic heterocycles. The summed E-state index contributed by atoms with van der Waals surface area (Å²) in [5.74, 6) is 0. The lowest BCUT2D eigenvalue weighted by Crippen LogP contribution is -2.18. The molecular weight excluding hydrogens is 246 g/mol. The predicted octanol–water partition coefficient (Wildman–Crippen LogP) is 2.99. The quantitative estimate of drug-likeness (QED) is 0.923. The molecule has 2 heterocycles. The molecule has 0 amide bonds. The molecule has 1 aliphatic rings. The Morgan fingerprint density at radius 2 is 2.05 bits per heavy atom. The van der Waals surface area contributed by atoms with Crippen LogP contribution >= 0.6 is 0 Å². The van der Waals surface area contributed by atoms with Crippen molar-refractivity contribution >= 4 is 5.69 Å². The zero-order valence-electron chi connectivity index (χ0n) is 12.2. The first-order valence-electron chi connectivity index (χ1n) is 7.16. The number of hydrogen-bond acceptors (Lipinski definition) is 3. The predicted molar refractivity (Wildman–Crippen MR) is 82.8 cm³/mol. The summed E-state index contributed by atoms with van der Waals surface area (Å²) < 4.78 is 0. The van der Waals surface area contributed by atoms with Crippen LogP contribution in [0.1, 0.15) is 22.3 Å². The van der Waals surface area contributed by atoms with Crippen molar-refractivity contribution in [1.82, 2.24) is 9.88 Å². The number of aryl methyl sites for hydroxylation is 1. The molecule has 1 aromatic carbocycles. The number of nitrogens with one attached hydrogen (secondary N) is 1. The van der Waals surface area contributed by atoms with E-state index in [0.29, 0.717) is 0 Å². The summed E-state index contributed by atoms with van der Waals surface area (Å²) in [4.78, 5) is 6.57. The van der Waals surface area contributed by atoms with Crippen molar-refractivity contribution in [3.63, 3.8) is 0 Å². The fourth-order valence-corrected chi connectivity index (χ4v) is 2.84. The number of para-hydroxylation sites is 1. The van der Waals surface area contributed by atoms with Crippen LogP contribution in [0.4, 0.5) is 5.69 Å². The number of hydrogen-bond donors (Lipinski definition) is 1. The summed E-state index contributed by atoms with van der Waals surface area (Å²) in [6.45, 7) is 5.11. The van der Waals surface area contributed by atoms with Gasteiger partial charge in [-0.1, -0.05) is 18.2 Å². The summed E-state index contributed by atoms with van der Waals surface area (Å²) in [6.07, 6.45) is 4.97. The molecule has 0 saturated carbocycles. The second kappa shape index (κ2) is 5.63. The normalized spacial score (nSPS) is 13.3. The third-order valence-electron chi connectivity index (χ3n) is 3.96. The summed E-state index contributed by atoms with van der Waals surface area (Å²) in [5.41, 5.74) is 6.80. The van der Waals surface area contributed by atoms with Gasteiger partial charge in [-0.2, -0.15) is 0 Å². The lowest BCUT2D eigenvalue weighted by Gasteiger charge is -2.19. The van der Waals surface area contributed by atoms with Gasteiger partial charge >= 0.3 is 0 Å².